The van der Waals surface area contributed by atoms with Gasteiger partial charge in [-0.1, -0.05) is 13.8 Å². The third-order valence-electron chi connectivity index (χ3n) is 4.31. The average molecular weight is 225 g/mol. The van der Waals surface area contributed by atoms with E-state index in [1.54, 1.807) is 4.90 Å². The Kier molecular flexibility index (Phi) is 2.48. The summed E-state index contributed by atoms with van der Waals surface area (Å²) in [5.41, 5.74) is -1.31. The molecule has 2 rings (SSSR count). The van der Waals surface area contributed by atoms with Gasteiger partial charge in [-0.05, 0) is 37.5 Å². The third kappa shape index (κ3) is 1.35. The molecule has 2 aliphatic rings. The molecule has 4 heteroatoms. The Labute approximate surface area is 95.6 Å². The van der Waals surface area contributed by atoms with Crippen LogP contribution in [0.4, 0.5) is 0 Å². The summed E-state index contributed by atoms with van der Waals surface area (Å²) in [6.45, 7) is 3.93. The topological polar surface area (TPSA) is 57.6 Å². The lowest BCUT2D eigenvalue weighted by molar-refractivity contribution is -0.163. The highest BCUT2D eigenvalue weighted by atomic mass is 16.4. The molecular formula is C12H19NO3. The number of nitrogens with zero attached hydrogens (tertiary/aromatic N) is 1. The van der Waals surface area contributed by atoms with Crippen molar-refractivity contribution in [1.82, 2.24) is 4.90 Å². The van der Waals surface area contributed by atoms with E-state index in [0.29, 0.717) is 6.42 Å². The highest BCUT2D eigenvalue weighted by Gasteiger charge is 2.60. The average Bonchev–Trinajstić information content (AvgIpc) is 2.94. The molecule has 1 atom stereocenters. The summed E-state index contributed by atoms with van der Waals surface area (Å²) >= 11 is 0. The highest BCUT2D eigenvalue weighted by molar-refractivity contribution is 5.83. The maximum atomic E-state index is 11.7. The van der Waals surface area contributed by atoms with Crippen LogP contribution in [-0.4, -0.2) is 34.0 Å². The number of carbonyl (C=O) groups excluding carboxylic acids is 1. The summed E-state index contributed by atoms with van der Waals surface area (Å²) in [7, 11) is 0. The predicted octanol–water partition coefficient (Wildman–Crippen LogP) is 1.64. The van der Waals surface area contributed by atoms with E-state index in [0.717, 1.165) is 32.1 Å². The van der Waals surface area contributed by atoms with Crippen LogP contribution in [-0.2, 0) is 9.59 Å². The highest BCUT2D eigenvalue weighted by Crippen LogP contribution is 2.52. The molecule has 1 unspecified atom stereocenters. The second-order valence-electron chi connectivity index (χ2n) is 5.65. The molecule has 2 saturated carbocycles. The smallest absolute Gasteiger partial charge is 0.330 e. The number of aliphatic carboxylic acids is 1. The van der Waals surface area contributed by atoms with Crippen LogP contribution in [0.2, 0.25) is 0 Å². The van der Waals surface area contributed by atoms with Gasteiger partial charge in [-0.2, -0.15) is 0 Å². The van der Waals surface area contributed by atoms with Crippen molar-refractivity contribution < 1.29 is 14.7 Å². The molecule has 0 aromatic heterocycles. The molecule has 0 spiro atoms. The maximum Gasteiger partial charge on any atom is 0.330 e. The van der Waals surface area contributed by atoms with Gasteiger partial charge in [-0.3, -0.25) is 4.79 Å². The second-order valence-corrected chi connectivity index (χ2v) is 5.65. The molecule has 90 valence electrons. The summed E-state index contributed by atoms with van der Waals surface area (Å²) in [5, 5.41) is 9.58. The molecule has 2 fully saturated rings. The Morgan fingerprint density at radius 1 is 1.38 bits per heavy atom. The predicted molar refractivity (Wildman–Crippen MR) is 58.9 cm³/mol. The van der Waals surface area contributed by atoms with Gasteiger partial charge in [-0.25, -0.2) is 4.79 Å². The fraction of sp³-hybridized carbons (Fsp3) is 0.833. The lowest BCUT2D eigenvalue weighted by Crippen LogP contribution is -2.61. The van der Waals surface area contributed by atoms with Crippen molar-refractivity contribution in [2.45, 2.75) is 57.5 Å². The molecule has 2 aliphatic carbocycles. The van der Waals surface area contributed by atoms with E-state index in [2.05, 4.69) is 0 Å². The Bertz CT molecular complexity index is 322. The zero-order valence-electron chi connectivity index (χ0n) is 9.90. The molecule has 1 N–H and O–H groups in total. The Morgan fingerprint density at radius 2 is 2.00 bits per heavy atom. The molecule has 0 aromatic carbocycles. The molecule has 0 aromatic rings. The number of carbonyl (C=O) groups is 2. The molecule has 1 amide bonds. The molecule has 0 radical (unpaired) electrons. The van der Waals surface area contributed by atoms with Crippen LogP contribution in [0.5, 0.6) is 0 Å². The number of hydrogen-bond acceptors (Lipinski definition) is 2. The number of carboxylic acids is 1. The molecule has 16 heavy (non-hydrogen) atoms. The third-order valence-corrected chi connectivity index (χ3v) is 4.31. The maximum absolute atomic E-state index is 11.7. The van der Waals surface area contributed by atoms with Crippen LogP contribution in [0.1, 0.15) is 46.0 Å². The van der Waals surface area contributed by atoms with Crippen molar-refractivity contribution in [2.24, 2.45) is 5.41 Å². The first kappa shape index (κ1) is 11.4. The summed E-state index contributed by atoms with van der Waals surface area (Å²) in [5.74, 6) is -0.839. The van der Waals surface area contributed by atoms with Crippen molar-refractivity contribution in [3.8, 4) is 0 Å². The first-order chi connectivity index (χ1) is 7.45. The van der Waals surface area contributed by atoms with E-state index in [9.17, 15) is 14.7 Å². The molecule has 0 aliphatic heterocycles. The van der Waals surface area contributed by atoms with E-state index in [-0.39, 0.29) is 11.5 Å². The van der Waals surface area contributed by atoms with Gasteiger partial charge in [-0.15, -0.1) is 0 Å². The summed E-state index contributed by atoms with van der Waals surface area (Å²) in [6, 6.07) is 0.158. The first-order valence-electron chi connectivity index (χ1n) is 5.93. The first-order valence-corrected chi connectivity index (χ1v) is 5.93. The van der Waals surface area contributed by atoms with Crippen molar-refractivity contribution >= 4 is 12.4 Å². The van der Waals surface area contributed by atoms with Crippen molar-refractivity contribution in [3.05, 3.63) is 0 Å². The largest absolute Gasteiger partial charge is 0.479 e. The van der Waals surface area contributed by atoms with Gasteiger partial charge in [0.2, 0.25) is 6.41 Å². The number of amides is 1. The fourth-order valence-electron chi connectivity index (χ4n) is 3.16. The van der Waals surface area contributed by atoms with E-state index in [1.807, 2.05) is 13.8 Å². The van der Waals surface area contributed by atoms with Crippen molar-refractivity contribution in [1.29, 1.82) is 0 Å². The van der Waals surface area contributed by atoms with Crippen LogP contribution in [0.15, 0.2) is 0 Å². The van der Waals surface area contributed by atoms with Crippen LogP contribution in [0.3, 0.4) is 0 Å². The molecule has 0 saturated heterocycles. The van der Waals surface area contributed by atoms with Crippen LogP contribution >= 0.6 is 0 Å². The minimum atomic E-state index is -0.976. The minimum Gasteiger partial charge on any atom is -0.479 e. The van der Waals surface area contributed by atoms with Crippen molar-refractivity contribution in [3.63, 3.8) is 0 Å². The van der Waals surface area contributed by atoms with E-state index >= 15 is 0 Å². The Hall–Kier alpha value is -1.06. The normalized spacial score (nSPS) is 32.4. The zero-order valence-corrected chi connectivity index (χ0v) is 9.90. The minimum absolute atomic E-state index is 0.158. The lowest BCUT2D eigenvalue weighted by atomic mass is 9.73. The van der Waals surface area contributed by atoms with Crippen LogP contribution in [0.25, 0.3) is 0 Å². The van der Waals surface area contributed by atoms with E-state index in [1.165, 1.54) is 0 Å². The summed E-state index contributed by atoms with van der Waals surface area (Å²) in [4.78, 5) is 24.5. The summed E-state index contributed by atoms with van der Waals surface area (Å²) < 4.78 is 0. The fourth-order valence-corrected chi connectivity index (χ4v) is 3.16. The van der Waals surface area contributed by atoms with Crippen molar-refractivity contribution in [2.75, 3.05) is 0 Å². The Morgan fingerprint density at radius 3 is 2.31 bits per heavy atom. The monoisotopic (exact) mass is 225 g/mol. The molecule has 0 bridgehead atoms. The quantitative estimate of drug-likeness (QED) is 0.740. The molecular weight excluding hydrogens is 206 g/mol. The van der Waals surface area contributed by atoms with Gasteiger partial charge in [0.1, 0.15) is 5.54 Å². The van der Waals surface area contributed by atoms with Crippen LogP contribution in [0, 0.1) is 5.41 Å². The number of carboxylic acid groups (broad SMARTS) is 1. The van der Waals surface area contributed by atoms with Gasteiger partial charge in [0.15, 0.2) is 0 Å². The number of rotatable bonds is 4. The second kappa shape index (κ2) is 3.47. The van der Waals surface area contributed by atoms with Crippen LogP contribution < -0.4 is 0 Å². The Balaban J connectivity index is 2.41. The van der Waals surface area contributed by atoms with Gasteiger partial charge < -0.3 is 10.0 Å². The molecule has 4 nitrogen and oxygen atoms in total. The van der Waals surface area contributed by atoms with Gasteiger partial charge in [0.25, 0.3) is 0 Å². The SMILES string of the molecule is CC1(C)CCCC1(C(=O)O)N(C=O)C1CC1. The zero-order chi connectivity index (χ0) is 12.0. The van der Waals surface area contributed by atoms with Gasteiger partial charge in [0, 0.05) is 6.04 Å². The number of hydrogen-bond donors (Lipinski definition) is 1. The van der Waals surface area contributed by atoms with E-state index in [4.69, 9.17) is 0 Å². The van der Waals surface area contributed by atoms with E-state index < -0.39 is 11.5 Å². The standard InChI is InChI=1S/C12H19NO3/c1-11(2)6-3-7-12(11,10(15)16)13(8-14)9-4-5-9/h8-9H,3-7H2,1-2H3,(H,15,16). The lowest BCUT2D eigenvalue weighted by Gasteiger charge is -2.44. The van der Waals surface area contributed by atoms with Gasteiger partial charge >= 0.3 is 5.97 Å². The summed E-state index contributed by atoms with van der Waals surface area (Å²) in [6.07, 6.45) is 4.99. The van der Waals surface area contributed by atoms with Gasteiger partial charge in [0.05, 0.1) is 0 Å². The molecule has 0 heterocycles.